The largest absolute Gasteiger partial charge is 0.449 e. The number of carbonyl (C=O) groups excluding carboxylic acids is 3. The molecule has 1 amide bonds. The number of hydrogen-bond acceptors (Lipinski definition) is 6. The lowest BCUT2D eigenvalue weighted by Gasteiger charge is -2.37. The van der Waals surface area contributed by atoms with Crippen LogP contribution in [0.5, 0.6) is 0 Å². The number of benzene rings is 5. The highest BCUT2D eigenvalue weighted by molar-refractivity contribution is 6.31. The van der Waals surface area contributed by atoms with Crippen LogP contribution in [-0.4, -0.2) is 30.7 Å². The molecular weight excluding hydrogens is 662 g/mol. The van der Waals surface area contributed by atoms with Gasteiger partial charge >= 0.3 is 18.0 Å². The van der Waals surface area contributed by atoms with E-state index in [9.17, 15) is 14.4 Å². The normalized spacial score (nSPS) is 13.5. The zero-order chi connectivity index (χ0) is 36.0. The second-order valence-corrected chi connectivity index (χ2v) is 12.6. The molecule has 0 saturated carbocycles. The molecule has 8 heteroatoms. The molecule has 0 fully saturated rings. The minimum absolute atomic E-state index is 0.00106. The Bertz CT molecular complexity index is 2050. The fraction of sp³-hybridized carbons (Fsp3) is 0.140. The standard InChI is InChI=1S/C43H36ClNO6/c1-4-29-22-24-31(25-23-29)43(30-14-6-5-7-15-30,37-20-12-13-21-38(37)44)51-41(47)39(26-40(46)50-28(2)3)45-42(48)49-27-36-34-18-10-8-16-32(34)33-17-9-11-19-35(33)36/h4-25,36,39H,1-2,26-27H2,3H3,(H,45,48)/t39-,43?/m0/s1. The average Bonchev–Trinajstić information content (AvgIpc) is 3.46. The van der Waals surface area contributed by atoms with Crippen LogP contribution in [0.25, 0.3) is 17.2 Å². The van der Waals surface area contributed by atoms with E-state index in [1.54, 1.807) is 30.3 Å². The molecular formula is C43H36ClNO6. The highest BCUT2D eigenvalue weighted by Crippen LogP contribution is 2.45. The summed E-state index contributed by atoms with van der Waals surface area (Å²) in [4.78, 5) is 41.0. The molecule has 0 bridgehead atoms. The number of nitrogens with one attached hydrogen (secondary N) is 1. The molecule has 2 atom stereocenters. The van der Waals surface area contributed by atoms with E-state index in [2.05, 4.69) is 18.5 Å². The summed E-state index contributed by atoms with van der Waals surface area (Å²) in [5.41, 5.74) is 5.09. The van der Waals surface area contributed by atoms with Crippen LogP contribution in [0.2, 0.25) is 5.02 Å². The number of fused-ring (bicyclic) bond motifs is 3. The van der Waals surface area contributed by atoms with Gasteiger partial charge in [-0.2, -0.15) is 0 Å². The SMILES string of the molecule is C=Cc1ccc(C(OC(=O)[C@H](CC(=O)OC(=C)C)NC(=O)OCC2c3ccccc3-c3ccccc32)(c2ccccc2)c2ccccc2Cl)cc1. The van der Waals surface area contributed by atoms with Crippen molar-refractivity contribution in [2.75, 3.05) is 6.61 Å². The zero-order valence-corrected chi connectivity index (χ0v) is 28.8. The van der Waals surface area contributed by atoms with Gasteiger partial charge < -0.3 is 19.5 Å². The molecule has 0 spiro atoms. The minimum atomic E-state index is -1.60. The summed E-state index contributed by atoms with van der Waals surface area (Å²) in [6.45, 7) is 8.99. The summed E-state index contributed by atoms with van der Waals surface area (Å²) in [5, 5.41) is 2.93. The Labute approximate surface area is 302 Å². The molecule has 1 N–H and O–H groups in total. The van der Waals surface area contributed by atoms with Gasteiger partial charge in [-0.15, -0.1) is 0 Å². The average molecular weight is 698 g/mol. The van der Waals surface area contributed by atoms with Gasteiger partial charge in [-0.25, -0.2) is 9.59 Å². The van der Waals surface area contributed by atoms with Crippen molar-refractivity contribution in [1.82, 2.24) is 5.32 Å². The van der Waals surface area contributed by atoms with Gasteiger partial charge in [0.2, 0.25) is 0 Å². The van der Waals surface area contributed by atoms with Gasteiger partial charge in [-0.1, -0.05) is 152 Å². The molecule has 5 aromatic carbocycles. The van der Waals surface area contributed by atoms with Gasteiger partial charge in [0.05, 0.1) is 12.2 Å². The van der Waals surface area contributed by atoms with Gasteiger partial charge in [-0.05, 0) is 40.8 Å². The number of allylic oxidation sites excluding steroid dienone is 1. The first-order valence-corrected chi connectivity index (χ1v) is 16.8. The number of halogens is 1. The predicted molar refractivity (Wildman–Crippen MR) is 198 cm³/mol. The molecule has 1 aliphatic carbocycles. The smallest absolute Gasteiger partial charge is 0.407 e. The van der Waals surface area contributed by atoms with Gasteiger partial charge in [-0.3, -0.25) is 4.79 Å². The maximum atomic E-state index is 14.5. The van der Waals surface area contributed by atoms with Crippen LogP contribution in [0.4, 0.5) is 4.79 Å². The molecule has 0 aliphatic heterocycles. The van der Waals surface area contributed by atoms with E-state index >= 15 is 0 Å². The van der Waals surface area contributed by atoms with Crippen molar-refractivity contribution in [3.63, 3.8) is 0 Å². The molecule has 5 aromatic rings. The molecule has 51 heavy (non-hydrogen) atoms. The number of amides is 1. The van der Waals surface area contributed by atoms with Crippen molar-refractivity contribution in [1.29, 1.82) is 0 Å². The van der Waals surface area contributed by atoms with E-state index < -0.39 is 36.1 Å². The molecule has 0 radical (unpaired) electrons. The summed E-state index contributed by atoms with van der Waals surface area (Å²) in [6.07, 6.45) is 0.246. The summed E-state index contributed by atoms with van der Waals surface area (Å²) >= 11 is 6.85. The van der Waals surface area contributed by atoms with E-state index in [0.717, 1.165) is 27.8 Å². The van der Waals surface area contributed by atoms with E-state index in [0.29, 0.717) is 21.7 Å². The summed E-state index contributed by atoms with van der Waals surface area (Å²) in [5.74, 6) is -1.79. The third kappa shape index (κ3) is 7.35. The number of ether oxygens (including phenoxy) is 3. The van der Waals surface area contributed by atoms with Crippen LogP contribution in [0.1, 0.15) is 52.6 Å². The monoisotopic (exact) mass is 697 g/mol. The number of rotatable bonds is 12. The summed E-state index contributed by atoms with van der Waals surface area (Å²) < 4.78 is 17.5. The van der Waals surface area contributed by atoms with Crippen LogP contribution in [-0.2, 0) is 29.4 Å². The second kappa shape index (κ2) is 15.3. The quantitative estimate of drug-likeness (QED) is 0.0605. The second-order valence-electron chi connectivity index (χ2n) is 12.2. The molecule has 1 aliphatic rings. The van der Waals surface area contributed by atoms with Gasteiger partial charge in [0.25, 0.3) is 0 Å². The zero-order valence-electron chi connectivity index (χ0n) is 28.0. The molecule has 1 unspecified atom stereocenters. The van der Waals surface area contributed by atoms with Crippen molar-refractivity contribution in [2.24, 2.45) is 0 Å². The van der Waals surface area contributed by atoms with Crippen LogP contribution in [0, 0.1) is 0 Å². The van der Waals surface area contributed by atoms with E-state index in [-0.39, 0.29) is 18.3 Å². The molecule has 0 heterocycles. The van der Waals surface area contributed by atoms with Gasteiger partial charge in [0.15, 0.2) is 5.60 Å². The predicted octanol–water partition coefficient (Wildman–Crippen LogP) is 9.19. The third-order valence-electron chi connectivity index (χ3n) is 8.82. The highest BCUT2D eigenvalue weighted by Gasteiger charge is 2.44. The van der Waals surface area contributed by atoms with Crippen LogP contribution >= 0.6 is 11.6 Å². The first kappa shape index (κ1) is 34.9. The van der Waals surface area contributed by atoms with E-state index in [1.165, 1.54) is 6.92 Å². The van der Waals surface area contributed by atoms with E-state index in [1.807, 2.05) is 103 Å². The minimum Gasteiger partial charge on any atom is -0.449 e. The third-order valence-corrected chi connectivity index (χ3v) is 9.15. The maximum Gasteiger partial charge on any atom is 0.407 e. The Kier molecular flexibility index (Phi) is 10.5. The molecule has 0 saturated heterocycles. The highest BCUT2D eigenvalue weighted by atomic mass is 35.5. The Balaban J connectivity index is 1.34. The molecule has 6 rings (SSSR count). The lowest BCUT2D eigenvalue weighted by Crippen LogP contribution is -2.47. The number of esters is 2. The summed E-state index contributed by atoms with van der Waals surface area (Å²) in [7, 11) is 0. The van der Waals surface area contributed by atoms with Gasteiger partial charge in [0.1, 0.15) is 12.6 Å². The first-order valence-electron chi connectivity index (χ1n) is 16.4. The van der Waals surface area contributed by atoms with Gasteiger partial charge in [0, 0.05) is 27.6 Å². The van der Waals surface area contributed by atoms with E-state index in [4.69, 9.17) is 25.8 Å². The lowest BCUT2D eigenvalue weighted by atomic mass is 9.79. The maximum absolute atomic E-state index is 14.5. The fourth-order valence-corrected chi connectivity index (χ4v) is 6.79. The molecule has 7 nitrogen and oxygen atoms in total. The lowest BCUT2D eigenvalue weighted by molar-refractivity contribution is -0.159. The number of alkyl carbamates (subject to hydrolysis) is 1. The van der Waals surface area contributed by atoms with Crippen LogP contribution in [0.3, 0.4) is 0 Å². The van der Waals surface area contributed by atoms with Crippen molar-refractivity contribution < 1.29 is 28.6 Å². The van der Waals surface area contributed by atoms with Crippen LogP contribution in [0.15, 0.2) is 146 Å². The van der Waals surface area contributed by atoms with Crippen molar-refractivity contribution >= 4 is 35.7 Å². The van der Waals surface area contributed by atoms with Crippen LogP contribution < -0.4 is 5.32 Å². The molecule has 0 aromatic heterocycles. The Morgan fingerprint density at radius 1 is 0.804 bits per heavy atom. The first-order chi connectivity index (χ1) is 24.7. The topological polar surface area (TPSA) is 90.9 Å². The number of carbonyl (C=O) groups is 3. The number of hydrogen-bond donors (Lipinski definition) is 1. The Morgan fingerprint density at radius 2 is 1.37 bits per heavy atom. The Morgan fingerprint density at radius 3 is 1.98 bits per heavy atom. The Hall–Kier alpha value is -5.92. The van der Waals surface area contributed by atoms with Crippen molar-refractivity contribution in [2.45, 2.75) is 30.9 Å². The fourth-order valence-electron chi connectivity index (χ4n) is 6.52. The molecule has 256 valence electrons. The van der Waals surface area contributed by atoms with Crippen molar-refractivity contribution in [3.05, 3.63) is 185 Å². The van der Waals surface area contributed by atoms with Crippen molar-refractivity contribution in [3.8, 4) is 11.1 Å². The summed E-state index contributed by atoms with van der Waals surface area (Å²) in [6, 6.07) is 37.9.